The van der Waals surface area contributed by atoms with Crippen molar-refractivity contribution >= 4 is 17.9 Å². The van der Waals surface area contributed by atoms with E-state index in [4.69, 9.17) is 10.8 Å². The first-order valence-corrected chi connectivity index (χ1v) is 4.82. The van der Waals surface area contributed by atoms with Gasteiger partial charge in [-0.2, -0.15) is 0 Å². The second-order valence-corrected chi connectivity index (χ2v) is 3.89. The number of hydrogen-bond acceptors (Lipinski definition) is 3. The van der Waals surface area contributed by atoms with Gasteiger partial charge in [0.15, 0.2) is 0 Å². The lowest BCUT2D eigenvalue weighted by atomic mass is 10.1. The second-order valence-electron chi connectivity index (χ2n) is 3.89. The Morgan fingerprint density at radius 3 is 2.19 bits per heavy atom. The summed E-state index contributed by atoms with van der Waals surface area (Å²) in [6, 6.07) is -1.72. The minimum Gasteiger partial charge on any atom is -0.480 e. The van der Waals surface area contributed by atoms with E-state index in [1.54, 1.807) is 6.92 Å². The molecule has 0 fully saturated rings. The van der Waals surface area contributed by atoms with Gasteiger partial charge in [0.05, 0.1) is 0 Å². The number of urea groups is 1. The van der Waals surface area contributed by atoms with Crippen molar-refractivity contribution in [3.05, 3.63) is 0 Å². The van der Waals surface area contributed by atoms with Gasteiger partial charge in [-0.15, -0.1) is 0 Å². The van der Waals surface area contributed by atoms with Crippen molar-refractivity contribution in [2.75, 3.05) is 0 Å². The number of nitrogens with one attached hydrogen (secondary N) is 2. The van der Waals surface area contributed by atoms with Crippen LogP contribution < -0.4 is 16.4 Å². The molecule has 0 aliphatic heterocycles. The Morgan fingerprint density at radius 2 is 1.88 bits per heavy atom. The molecule has 7 nitrogen and oxygen atoms in total. The Morgan fingerprint density at radius 1 is 1.38 bits per heavy atom. The van der Waals surface area contributed by atoms with Gasteiger partial charge in [0.1, 0.15) is 11.6 Å². The van der Waals surface area contributed by atoms with Crippen LogP contribution >= 0.6 is 0 Å². The Labute approximate surface area is 93.4 Å². The van der Waals surface area contributed by atoms with Gasteiger partial charge < -0.3 is 21.5 Å². The molecule has 0 spiro atoms. The number of hydrogen-bond donors (Lipinski definition) is 4. The van der Waals surface area contributed by atoms with Crippen molar-refractivity contribution in [3.8, 4) is 0 Å². The minimum atomic E-state index is -1.22. The second kappa shape index (κ2) is 5.34. The fraction of sp³-hybridized carbons (Fsp3) is 0.667. The summed E-state index contributed by atoms with van der Waals surface area (Å²) >= 11 is 0. The lowest BCUT2D eigenvalue weighted by Crippen LogP contribution is -2.57. The summed E-state index contributed by atoms with van der Waals surface area (Å²) in [5.41, 5.74) is 3.82. The van der Waals surface area contributed by atoms with E-state index >= 15 is 0 Å². The highest BCUT2D eigenvalue weighted by molar-refractivity contribution is 5.90. The van der Waals surface area contributed by atoms with Crippen LogP contribution in [0.1, 0.15) is 27.2 Å². The van der Waals surface area contributed by atoms with Gasteiger partial charge in [0.25, 0.3) is 0 Å². The van der Waals surface area contributed by atoms with Crippen LogP contribution in [-0.2, 0) is 9.59 Å². The van der Waals surface area contributed by atoms with Crippen LogP contribution in [0.25, 0.3) is 0 Å². The highest BCUT2D eigenvalue weighted by atomic mass is 16.4. The average Bonchev–Trinajstić information content (AvgIpc) is 2.12. The number of nitrogens with two attached hydrogens (primary N) is 1. The molecule has 0 aromatic carbocycles. The molecule has 0 aliphatic carbocycles. The lowest BCUT2D eigenvalue weighted by molar-refractivity contribution is -0.139. The third-order valence-electron chi connectivity index (χ3n) is 2.05. The maximum absolute atomic E-state index is 11.3. The summed E-state index contributed by atoms with van der Waals surface area (Å²) in [7, 11) is 0. The van der Waals surface area contributed by atoms with E-state index in [1.807, 2.05) is 0 Å². The van der Waals surface area contributed by atoms with E-state index < -0.39 is 29.5 Å². The minimum absolute atomic E-state index is 0.250. The average molecular weight is 231 g/mol. The molecule has 0 bridgehead atoms. The molecule has 0 rings (SSSR count). The first kappa shape index (κ1) is 14.2. The molecule has 92 valence electrons. The molecule has 3 amide bonds. The maximum Gasteiger partial charge on any atom is 0.326 e. The fourth-order valence-electron chi connectivity index (χ4n) is 0.878. The topological polar surface area (TPSA) is 122 Å². The van der Waals surface area contributed by atoms with E-state index in [-0.39, 0.29) is 6.42 Å². The van der Waals surface area contributed by atoms with Crippen molar-refractivity contribution in [2.24, 2.45) is 5.73 Å². The predicted octanol–water partition coefficient (Wildman–Crippen LogP) is -0.587. The number of carbonyl (C=O) groups is 3. The Balaban J connectivity index is 4.38. The Kier molecular flexibility index (Phi) is 4.74. The molecular weight excluding hydrogens is 214 g/mol. The summed E-state index contributed by atoms with van der Waals surface area (Å²) in [4.78, 5) is 32.9. The maximum atomic E-state index is 11.3. The molecule has 0 heterocycles. The summed E-state index contributed by atoms with van der Waals surface area (Å²) in [6.07, 6.45) is 0.250. The first-order chi connectivity index (χ1) is 7.20. The van der Waals surface area contributed by atoms with Crippen molar-refractivity contribution in [3.63, 3.8) is 0 Å². The number of primary amides is 1. The molecule has 0 aromatic rings. The third-order valence-corrected chi connectivity index (χ3v) is 2.05. The van der Waals surface area contributed by atoms with Gasteiger partial charge in [-0.1, -0.05) is 6.92 Å². The zero-order valence-corrected chi connectivity index (χ0v) is 9.53. The molecule has 0 aliphatic rings. The summed E-state index contributed by atoms with van der Waals surface area (Å²) in [5, 5.41) is 13.2. The quantitative estimate of drug-likeness (QED) is 0.505. The zero-order chi connectivity index (χ0) is 12.9. The number of rotatable bonds is 5. The van der Waals surface area contributed by atoms with E-state index in [0.29, 0.717) is 0 Å². The van der Waals surface area contributed by atoms with Gasteiger partial charge in [0.2, 0.25) is 5.91 Å². The molecule has 5 N–H and O–H groups in total. The predicted molar refractivity (Wildman–Crippen MR) is 56.7 cm³/mol. The number of amides is 3. The van der Waals surface area contributed by atoms with Crippen LogP contribution in [0.4, 0.5) is 4.79 Å². The summed E-state index contributed by atoms with van der Waals surface area (Å²) in [5.74, 6) is -1.83. The lowest BCUT2D eigenvalue weighted by Gasteiger charge is -2.23. The van der Waals surface area contributed by atoms with Crippen molar-refractivity contribution < 1.29 is 19.5 Å². The SMILES string of the molecule is CCC(NC(=O)NC(C)(C)C(N)=O)C(=O)O. The Bertz CT molecular complexity index is 301. The van der Waals surface area contributed by atoms with Crippen LogP contribution in [0.5, 0.6) is 0 Å². The summed E-state index contributed by atoms with van der Waals surface area (Å²) < 4.78 is 0. The third kappa shape index (κ3) is 4.16. The monoisotopic (exact) mass is 231 g/mol. The molecule has 0 saturated heterocycles. The smallest absolute Gasteiger partial charge is 0.326 e. The zero-order valence-electron chi connectivity index (χ0n) is 9.53. The molecule has 0 saturated carbocycles. The molecule has 0 aromatic heterocycles. The number of carboxylic acid groups (broad SMARTS) is 1. The van der Waals surface area contributed by atoms with Gasteiger partial charge in [-0.05, 0) is 20.3 Å². The highest BCUT2D eigenvalue weighted by Gasteiger charge is 2.28. The normalized spacial score (nSPS) is 12.7. The Hall–Kier alpha value is -1.79. The van der Waals surface area contributed by atoms with Gasteiger partial charge in [0, 0.05) is 0 Å². The van der Waals surface area contributed by atoms with E-state index in [0.717, 1.165) is 0 Å². The van der Waals surface area contributed by atoms with Crippen LogP contribution in [0, 0.1) is 0 Å². The molecular formula is C9H17N3O4. The van der Waals surface area contributed by atoms with Crippen LogP contribution in [0.15, 0.2) is 0 Å². The highest BCUT2D eigenvalue weighted by Crippen LogP contribution is 2.00. The van der Waals surface area contributed by atoms with Crippen LogP contribution in [0.3, 0.4) is 0 Å². The molecule has 1 unspecified atom stereocenters. The number of carbonyl (C=O) groups excluding carboxylic acids is 2. The van der Waals surface area contributed by atoms with Crippen molar-refractivity contribution in [1.82, 2.24) is 10.6 Å². The number of carboxylic acids is 1. The summed E-state index contributed by atoms with van der Waals surface area (Å²) in [6.45, 7) is 4.48. The fourth-order valence-corrected chi connectivity index (χ4v) is 0.878. The molecule has 16 heavy (non-hydrogen) atoms. The van der Waals surface area contributed by atoms with E-state index in [2.05, 4.69) is 10.6 Å². The van der Waals surface area contributed by atoms with Crippen LogP contribution in [0.2, 0.25) is 0 Å². The van der Waals surface area contributed by atoms with Crippen molar-refractivity contribution in [1.29, 1.82) is 0 Å². The van der Waals surface area contributed by atoms with E-state index in [9.17, 15) is 14.4 Å². The van der Waals surface area contributed by atoms with Gasteiger partial charge in [-0.3, -0.25) is 4.79 Å². The number of aliphatic carboxylic acids is 1. The van der Waals surface area contributed by atoms with Crippen LogP contribution in [-0.4, -0.2) is 34.6 Å². The molecule has 0 radical (unpaired) electrons. The molecule has 7 heteroatoms. The van der Waals surface area contributed by atoms with E-state index in [1.165, 1.54) is 13.8 Å². The standard InChI is InChI=1S/C9H17N3O4/c1-4-5(6(13)14)11-8(16)12-9(2,3)7(10)15/h5H,4H2,1-3H3,(H2,10,15)(H,13,14)(H2,11,12,16). The van der Waals surface area contributed by atoms with Gasteiger partial charge in [-0.25, -0.2) is 9.59 Å². The molecule has 1 atom stereocenters. The van der Waals surface area contributed by atoms with Crippen molar-refractivity contribution in [2.45, 2.75) is 38.8 Å². The largest absolute Gasteiger partial charge is 0.480 e. The first-order valence-electron chi connectivity index (χ1n) is 4.82. The van der Waals surface area contributed by atoms with Gasteiger partial charge >= 0.3 is 12.0 Å².